The van der Waals surface area contributed by atoms with Crippen molar-refractivity contribution in [1.82, 2.24) is 9.97 Å². The average molecular weight is 289 g/mol. The molecule has 2 heterocycles. The number of halogens is 1. The summed E-state index contributed by atoms with van der Waals surface area (Å²) in [6.07, 6.45) is 0. The van der Waals surface area contributed by atoms with Gasteiger partial charge in [0.25, 0.3) is 10.0 Å². The zero-order valence-corrected chi connectivity index (χ0v) is 10.7. The summed E-state index contributed by atoms with van der Waals surface area (Å²) in [5.74, 6) is -0.940. The van der Waals surface area contributed by atoms with Gasteiger partial charge in [0.05, 0.1) is 0 Å². The Labute approximate surface area is 106 Å². The van der Waals surface area contributed by atoms with Crippen molar-refractivity contribution < 1.29 is 12.8 Å². The molecule has 0 saturated carbocycles. The molecular weight excluding hydrogens is 281 g/mol. The van der Waals surface area contributed by atoms with Crippen LogP contribution in [-0.4, -0.2) is 18.4 Å². The molecule has 18 heavy (non-hydrogen) atoms. The van der Waals surface area contributed by atoms with Gasteiger partial charge < -0.3 is 4.98 Å². The molecule has 0 atom stereocenters. The van der Waals surface area contributed by atoms with Crippen molar-refractivity contribution in [2.75, 3.05) is 4.72 Å². The lowest BCUT2D eigenvalue weighted by atomic mass is 10.5. The van der Waals surface area contributed by atoms with E-state index in [0.717, 1.165) is 6.07 Å². The maximum atomic E-state index is 12.8. The molecule has 0 aliphatic rings. The Kier molecular flexibility index (Phi) is 3.18. The molecule has 0 aromatic carbocycles. The maximum Gasteiger partial charge on any atom is 0.306 e. The number of H-pyrrole nitrogens is 1. The number of thiazole rings is 1. The van der Waals surface area contributed by atoms with Crippen LogP contribution in [0, 0.1) is 12.9 Å². The Morgan fingerprint density at radius 1 is 1.44 bits per heavy atom. The third kappa shape index (κ3) is 2.57. The Morgan fingerprint density at radius 2 is 2.17 bits per heavy atom. The van der Waals surface area contributed by atoms with E-state index in [1.54, 1.807) is 0 Å². The SMILES string of the molecule is Cc1[nH]c(=O)sc1S(=O)(=O)Nc1cccc(F)n1. The van der Waals surface area contributed by atoms with Gasteiger partial charge in [-0.25, -0.2) is 13.4 Å². The zero-order chi connectivity index (χ0) is 13.3. The lowest BCUT2D eigenvalue weighted by Crippen LogP contribution is -2.14. The largest absolute Gasteiger partial charge is 0.315 e. The Morgan fingerprint density at radius 3 is 2.72 bits per heavy atom. The van der Waals surface area contributed by atoms with Crippen molar-refractivity contribution in [3.8, 4) is 0 Å². The number of hydrogen-bond donors (Lipinski definition) is 2. The molecule has 9 heteroatoms. The van der Waals surface area contributed by atoms with E-state index >= 15 is 0 Å². The minimum absolute atomic E-state index is 0.140. The van der Waals surface area contributed by atoms with Gasteiger partial charge in [-0.15, -0.1) is 0 Å². The number of sulfonamides is 1. The number of nitrogens with zero attached hydrogens (tertiary/aromatic N) is 1. The number of nitrogens with one attached hydrogen (secondary N) is 2. The van der Waals surface area contributed by atoms with Gasteiger partial charge in [-0.2, -0.15) is 4.39 Å². The molecule has 6 nitrogen and oxygen atoms in total. The molecule has 0 fully saturated rings. The quantitative estimate of drug-likeness (QED) is 0.827. The number of aromatic nitrogens is 2. The summed E-state index contributed by atoms with van der Waals surface area (Å²) >= 11 is 0.562. The summed E-state index contributed by atoms with van der Waals surface area (Å²) < 4.78 is 38.6. The van der Waals surface area contributed by atoms with Crippen LogP contribution >= 0.6 is 11.3 Å². The first-order valence-corrected chi connectivity index (χ1v) is 7.03. The van der Waals surface area contributed by atoms with Crippen molar-refractivity contribution >= 4 is 27.2 Å². The maximum absolute atomic E-state index is 12.8. The summed E-state index contributed by atoms with van der Waals surface area (Å²) in [5.41, 5.74) is 0.230. The van der Waals surface area contributed by atoms with Gasteiger partial charge in [0.2, 0.25) is 5.95 Å². The first kappa shape index (κ1) is 12.7. The molecule has 0 radical (unpaired) electrons. The minimum atomic E-state index is -3.93. The lowest BCUT2D eigenvalue weighted by molar-refractivity contribution is 0.584. The first-order chi connectivity index (χ1) is 8.38. The Hall–Kier alpha value is -1.74. The van der Waals surface area contributed by atoms with Gasteiger partial charge in [0.1, 0.15) is 5.82 Å². The van der Waals surface area contributed by atoms with E-state index in [4.69, 9.17) is 0 Å². The fourth-order valence-electron chi connectivity index (χ4n) is 1.30. The smallest absolute Gasteiger partial charge is 0.306 e. The minimum Gasteiger partial charge on any atom is -0.315 e. The van der Waals surface area contributed by atoms with E-state index < -0.39 is 20.8 Å². The van der Waals surface area contributed by atoms with Crippen LogP contribution in [0.1, 0.15) is 5.69 Å². The highest BCUT2D eigenvalue weighted by Gasteiger charge is 2.21. The third-order valence-electron chi connectivity index (χ3n) is 1.98. The molecule has 0 amide bonds. The van der Waals surface area contributed by atoms with E-state index in [9.17, 15) is 17.6 Å². The highest BCUT2D eigenvalue weighted by atomic mass is 32.2. The average Bonchev–Trinajstić information content (AvgIpc) is 2.58. The van der Waals surface area contributed by atoms with Crippen LogP contribution in [0.5, 0.6) is 0 Å². The molecule has 2 N–H and O–H groups in total. The van der Waals surface area contributed by atoms with Crippen molar-refractivity contribution in [3.63, 3.8) is 0 Å². The molecule has 0 aliphatic carbocycles. The molecule has 96 valence electrons. The van der Waals surface area contributed by atoms with E-state index in [1.165, 1.54) is 19.1 Å². The molecule has 0 saturated heterocycles. The molecule has 2 aromatic heterocycles. The summed E-state index contributed by atoms with van der Waals surface area (Å²) in [7, 11) is -3.93. The summed E-state index contributed by atoms with van der Waals surface area (Å²) in [4.78, 5) is 16.3. The van der Waals surface area contributed by atoms with Gasteiger partial charge in [0, 0.05) is 5.69 Å². The second kappa shape index (κ2) is 4.50. The van der Waals surface area contributed by atoms with Crippen LogP contribution < -0.4 is 9.60 Å². The van der Waals surface area contributed by atoms with Gasteiger partial charge in [-0.05, 0) is 19.1 Å². The predicted octanol–water partition coefficient (Wildman–Crippen LogP) is 1.08. The normalized spacial score (nSPS) is 11.4. The number of anilines is 1. The van der Waals surface area contributed by atoms with Crippen LogP contribution in [0.15, 0.2) is 27.2 Å². The Balaban J connectivity index is 2.39. The highest BCUT2D eigenvalue weighted by molar-refractivity contribution is 7.94. The highest BCUT2D eigenvalue weighted by Crippen LogP contribution is 2.19. The molecule has 0 bridgehead atoms. The Bertz CT molecular complexity index is 736. The van der Waals surface area contributed by atoms with Crippen LogP contribution in [0.2, 0.25) is 0 Å². The number of aromatic amines is 1. The first-order valence-electron chi connectivity index (χ1n) is 4.73. The fourth-order valence-corrected chi connectivity index (χ4v) is 3.60. The van der Waals surface area contributed by atoms with E-state index in [1.807, 2.05) is 0 Å². The van der Waals surface area contributed by atoms with E-state index in [2.05, 4.69) is 14.7 Å². The number of hydrogen-bond acceptors (Lipinski definition) is 5. The van der Waals surface area contributed by atoms with Crippen molar-refractivity contribution in [3.05, 3.63) is 39.5 Å². The van der Waals surface area contributed by atoms with Crippen LogP contribution in [0.3, 0.4) is 0 Å². The molecular formula is C9H8FN3O3S2. The molecule has 0 spiro atoms. The molecule has 0 unspecified atom stereocenters. The van der Waals surface area contributed by atoms with Crippen molar-refractivity contribution in [2.24, 2.45) is 0 Å². The topological polar surface area (TPSA) is 91.9 Å². The van der Waals surface area contributed by atoms with Crippen molar-refractivity contribution in [2.45, 2.75) is 11.1 Å². The second-order valence-electron chi connectivity index (χ2n) is 3.38. The molecule has 2 aromatic rings. The van der Waals surface area contributed by atoms with Crippen LogP contribution in [0.4, 0.5) is 10.2 Å². The zero-order valence-electron chi connectivity index (χ0n) is 9.10. The number of pyridine rings is 1. The summed E-state index contributed by atoms with van der Waals surface area (Å²) in [5, 5.41) is 0. The molecule has 2 rings (SSSR count). The fraction of sp³-hybridized carbons (Fsp3) is 0.111. The predicted molar refractivity (Wildman–Crippen MR) is 64.7 cm³/mol. The van der Waals surface area contributed by atoms with E-state index in [0.29, 0.717) is 11.3 Å². The van der Waals surface area contributed by atoms with Gasteiger partial charge in [0.15, 0.2) is 4.21 Å². The van der Waals surface area contributed by atoms with E-state index in [-0.39, 0.29) is 15.7 Å². The third-order valence-corrected chi connectivity index (χ3v) is 4.94. The summed E-state index contributed by atoms with van der Waals surface area (Å²) in [6, 6.07) is 3.73. The van der Waals surface area contributed by atoms with Crippen LogP contribution in [-0.2, 0) is 10.0 Å². The van der Waals surface area contributed by atoms with Gasteiger partial charge in [-0.1, -0.05) is 17.4 Å². The van der Waals surface area contributed by atoms with Crippen molar-refractivity contribution in [1.29, 1.82) is 0 Å². The monoisotopic (exact) mass is 289 g/mol. The summed E-state index contributed by atoms with van der Waals surface area (Å²) in [6.45, 7) is 1.46. The van der Waals surface area contributed by atoms with Gasteiger partial charge in [-0.3, -0.25) is 9.52 Å². The van der Waals surface area contributed by atoms with Gasteiger partial charge >= 0.3 is 4.87 Å². The molecule has 0 aliphatic heterocycles. The lowest BCUT2D eigenvalue weighted by Gasteiger charge is -2.05. The van der Waals surface area contributed by atoms with Crippen LogP contribution in [0.25, 0.3) is 0 Å². The number of rotatable bonds is 3. The number of aryl methyl sites for hydroxylation is 1. The second-order valence-corrected chi connectivity index (χ2v) is 6.24. The standard InChI is InChI=1S/C9H8FN3O3S2/c1-5-8(17-9(14)11-5)18(15,16)13-7-4-2-3-6(10)12-7/h2-4H,1H3,(H,11,14)(H,12,13).